The Balaban J connectivity index is 1.57. The predicted octanol–water partition coefficient (Wildman–Crippen LogP) is 2.64. The predicted molar refractivity (Wildman–Crippen MR) is 115 cm³/mol. The molecule has 31 heavy (non-hydrogen) atoms. The van der Waals surface area contributed by atoms with Crippen LogP contribution in [0.5, 0.6) is 11.5 Å². The summed E-state index contributed by atoms with van der Waals surface area (Å²) in [5, 5.41) is 3.12. The van der Waals surface area contributed by atoms with E-state index in [2.05, 4.69) is 10.2 Å². The summed E-state index contributed by atoms with van der Waals surface area (Å²) in [5.41, 5.74) is 0.729. The average Bonchev–Trinajstić information content (AvgIpc) is 3.04. The molecule has 0 saturated carbocycles. The largest absolute Gasteiger partial charge is 0.494 e. The number of nitrogens with one attached hydrogen (secondary N) is 1. The molecule has 2 aromatic carbocycles. The molecule has 1 N–H and O–H groups in total. The van der Waals surface area contributed by atoms with Crippen LogP contribution < -0.4 is 14.8 Å². The molecular formula is C24H28N2O5. The summed E-state index contributed by atoms with van der Waals surface area (Å²) in [4.78, 5) is 28.0. The number of benzene rings is 2. The lowest BCUT2D eigenvalue weighted by atomic mass is 9.87. The van der Waals surface area contributed by atoms with Crippen molar-refractivity contribution in [2.45, 2.75) is 25.9 Å². The number of likely N-dealkylation sites (tertiary alicyclic amines) is 1. The highest BCUT2D eigenvalue weighted by atomic mass is 16.5. The fourth-order valence-corrected chi connectivity index (χ4v) is 4.38. The van der Waals surface area contributed by atoms with Crippen molar-refractivity contribution >= 4 is 11.9 Å². The molecule has 0 aliphatic carbocycles. The van der Waals surface area contributed by atoms with Gasteiger partial charge in [0, 0.05) is 19.6 Å². The van der Waals surface area contributed by atoms with Gasteiger partial charge in [0.05, 0.1) is 24.7 Å². The first-order valence-electron chi connectivity index (χ1n) is 10.7. The molecule has 0 unspecified atom stereocenters. The zero-order valence-corrected chi connectivity index (χ0v) is 17.9. The second-order valence-electron chi connectivity index (χ2n) is 7.95. The van der Waals surface area contributed by atoms with E-state index in [-0.39, 0.29) is 18.5 Å². The van der Waals surface area contributed by atoms with E-state index in [1.165, 1.54) is 0 Å². The molecule has 1 spiro atoms. The molecule has 1 saturated heterocycles. The van der Waals surface area contributed by atoms with E-state index in [1.54, 1.807) is 25.1 Å². The van der Waals surface area contributed by atoms with Gasteiger partial charge < -0.3 is 19.5 Å². The number of amides is 1. The highest BCUT2D eigenvalue weighted by Crippen LogP contribution is 2.34. The summed E-state index contributed by atoms with van der Waals surface area (Å²) in [6, 6.07) is 15.1. The monoisotopic (exact) mass is 424 g/mol. The van der Waals surface area contributed by atoms with Gasteiger partial charge >= 0.3 is 5.97 Å². The first-order chi connectivity index (χ1) is 15.0. The minimum absolute atomic E-state index is 0.207. The molecule has 2 aliphatic rings. The van der Waals surface area contributed by atoms with Crippen molar-refractivity contribution < 1.29 is 23.8 Å². The Labute approximate surface area is 182 Å². The van der Waals surface area contributed by atoms with E-state index in [9.17, 15) is 9.59 Å². The minimum Gasteiger partial charge on any atom is -0.494 e. The maximum Gasteiger partial charge on any atom is 0.312 e. The fraction of sp³-hybridized carbons (Fsp3) is 0.417. The van der Waals surface area contributed by atoms with Crippen LogP contribution in [0.25, 0.3) is 0 Å². The molecule has 2 aliphatic heterocycles. The third kappa shape index (κ3) is 4.37. The number of fused-ring (bicyclic) bond motifs is 1. The molecule has 2 aromatic rings. The van der Waals surface area contributed by atoms with Crippen molar-refractivity contribution in [1.29, 1.82) is 0 Å². The summed E-state index contributed by atoms with van der Waals surface area (Å²) in [7, 11) is 0. The Morgan fingerprint density at radius 1 is 1.16 bits per heavy atom. The highest BCUT2D eigenvalue weighted by Gasteiger charge is 2.53. The Bertz CT molecular complexity index is 945. The van der Waals surface area contributed by atoms with Crippen LogP contribution in [0.1, 0.15) is 29.8 Å². The van der Waals surface area contributed by atoms with E-state index < -0.39 is 11.5 Å². The maximum absolute atomic E-state index is 13.0. The van der Waals surface area contributed by atoms with Gasteiger partial charge in [-0.3, -0.25) is 14.5 Å². The lowest BCUT2D eigenvalue weighted by Gasteiger charge is -2.32. The van der Waals surface area contributed by atoms with Crippen LogP contribution in [0.15, 0.2) is 48.5 Å². The Morgan fingerprint density at radius 2 is 1.94 bits per heavy atom. The van der Waals surface area contributed by atoms with Crippen molar-refractivity contribution in [3.05, 3.63) is 59.7 Å². The Hall–Kier alpha value is -3.06. The van der Waals surface area contributed by atoms with Crippen molar-refractivity contribution in [2.75, 3.05) is 32.9 Å². The summed E-state index contributed by atoms with van der Waals surface area (Å²) >= 11 is 0. The molecule has 7 nitrogen and oxygen atoms in total. The van der Waals surface area contributed by atoms with Crippen LogP contribution >= 0.6 is 0 Å². The van der Waals surface area contributed by atoms with Gasteiger partial charge in [-0.25, -0.2) is 0 Å². The van der Waals surface area contributed by atoms with Crippen LogP contribution in [0.2, 0.25) is 0 Å². The smallest absolute Gasteiger partial charge is 0.312 e. The van der Waals surface area contributed by atoms with E-state index in [4.69, 9.17) is 14.2 Å². The molecule has 164 valence electrons. The lowest BCUT2D eigenvalue weighted by Crippen LogP contribution is -2.59. The van der Waals surface area contributed by atoms with Crippen LogP contribution in [0.3, 0.4) is 0 Å². The second kappa shape index (κ2) is 8.98. The Morgan fingerprint density at radius 3 is 2.68 bits per heavy atom. The van der Waals surface area contributed by atoms with Gasteiger partial charge in [-0.05, 0) is 43.7 Å². The number of nitrogens with zero attached hydrogens (tertiary/aromatic N) is 1. The minimum atomic E-state index is -0.854. The number of rotatable bonds is 6. The third-order valence-electron chi connectivity index (χ3n) is 5.80. The van der Waals surface area contributed by atoms with Crippen molar-refractivity contribution in [2.24, 2.45) is 5.92 Å². The van der Waals surface area contributed by atoms with Gasteiger partial charge in [0.2, 0.25) is 0 Å². The summed E-state index contributed by atoms with van der Waals surface area (Å²) < 4.78 is 16.9. The molecule has 1 amide bonds. The number of esters is 1. The number of carbonyl (C=O) groups is 2. The van der Waals surface area contributed by atoms with Crippen LogP contribution in [-0.2, 0) is 16.1 Å². The average molecular weight is 424 g/mol. The van der Waals surface area contributed by atoms with E-state index in [0.29, 0.717) is 44.2 Å². The normalized spacial score (nSPS) is 22.9. The van der Waals surface area contributed by atoms with Crippen LogP contribution in [-0.4, -0.2) is 55.2 Å². The van der Waals surface area contributed by atoms with Crippen molar-refractivity contribution in [3.63, 3.8) is 0 Å². The SMILES string of the molecule is CCOC(=O)[C@@H]1CN(Cc2ccc(OCC)cc2)C[C@]12COc1ccccc1C(=O)N2. The topological polar surface area (TPSA) is 77.1 Å². The lowest BCUT2D eigenvalue weighted by molar-refractivity contribution is -0.150. The van der Waals surface area contributed by atoms with E-state index in [0.717, 1.165) is 11.3 Å². The van der Waals surface area contributed by atoms with Gasteiger partial charge in [0.1, 0.15) is 23.6 Å². The number of hydrogen-bond donors (Lipinski definition) is 1. The summed E-state index contributed by atoms with van der Waals surface area (Å²) in [6.45, 7) is 6.47. The molecular weight excluding hydrogens is 396 g/mol. The van der Waals surface area contributed by atoms with Gasteiger partial charge in [0.25, 0.3) is 5.91 Å². The van der Waals surface area contributed by atoms with Gasteiger partial charge in [-0.1, -0.05) is 24.3 Å². The highest BCUT2D eigenvalue weighted by molar-refractivity contribution is 5.98. The first-order valence-corrected chi connectivity index (χ1v) is 10.7. The number of hydrogen-bond acceptors (Lipinski definition) is 6. The van der Waals surface area contributed by atoms with Gasteiger partial charge in [0.15, 0.2) is 0 Å². The first kappa shape index (κ1) is 21.2. The van der Waals surface area contributed by atoms with Gasteiger partial charge in [-0.15, -0.1) is 0 Å². The summed E-state index contributed by atoms with van der Waals surface area (Å²) in [5.74, 6) is 0.297. The molecule has 1 fully saturated rings. The quantitative estimate of drug-likeness (QED) is 0.719. The van der Waals surface area contributed by atoms with Crippen molar-refractivity contribution in [1.82, 2.24) is 10.2 Å². The summed E-state index contributed by atoms with van der Waals surface area (Å²) in [6.07, 6.45) is 0. The Kier molecular flexibility index (Phi) is 6.13. The molecule has 2 atom stereocenters. The maximum atomic E-state index is 13.0. The molecule has 2 heterocycles. The van der Waals surface area contributed by atoms with Crippen molar-refractivity contribution in [3.8, 4) is 11.5 Å². The van der Waals surface area contributed by atoms with Gasteiger partial charge in [-0.2, -0.15) is 0 Å². The van der Waals surface area contributed by atoms with Crippen LogP contribution in [0.4, 0.5) is 0 Å². The standard InChI is InChI=1S/C24H28N2O5/c1-3-29-18-11-9-17(10-12-18)13-26-14-20(23(28)30-4-2)24(15-26)16-31-21-8-6-5-7-19(21)22(27)25-24/h5-12,20H,3-4,13-16H2,1-2H3,(H,25,27)/t20-,24-/m0/s1. The number of carbonyl (C=O) groups excluding carboxylic acids is 2. The second-order valence-corrected chi connectivity index (χ2v) is 7.95. The third-order valence-corrected chi connectivity index (χ3v) is 5.80. The molecule has 4 rings (SSSR count). The van der Waals surface area contributed by atoms with E-state index in [1.807, 2.05) is 37.3 Å². The molecule has 0 radical (unpaired) electrons. The van der Waals surface area contributed by atoms with Crippen LogP contribution in [0, 0.1) is 5.92 Å². The molecule has 0 aromatic heterocycles. The fourth-order valence-electron chi connectivity index (χ4n) is 4.38. The number of para-hydroxylation sites is 1. The van der Waals surface area contributed by atoms with E-state index >= 15 is 0 Å². The zero-order chi connectivity index (χ0) is 21.8. The molecule has 7 heteroatoms. The zero-order valence-electron chi connectivity index (χ0n) is 17.9. The number of ether oxygens (including phenoxy) is 3. The molecule has 0 bridgehead atoms.